The van der Waals surface area contributed by atoms with Crippen LogP contribution in [-0.4, -0.2) is 19.7 Å². The first-order chi connectivity index (χ1) is 13.6. The molecule has 0 atom stereocenters. The van der Waals surface area contributed by atoms with E-state index in [1.54, 1.807) is 36.3 Å². The Morgan fingerprint density at radius 2 is 1.82 bits per heavy atom. The van der Waals surface area contributed by atoms with Crippen LogP contribution in [0.15, 0.2) is 72.1 Å². The van der Waals surface area contributed by atoms with Crippen molar-refractivity contribution in [3.8, 4) is 17.1 Å². The lowest BCUT2D eigenvalue weighted by Gasteiger charge is -2.13. The van der Waals surface area contributed by atoms with E-state index in [4.69, 9.17) is 0 Å². The van der Waals surface area contributed by atoms with Crippen LogP contribution in [-0.2, 0) is 5.75 Å². The average molecular weight is 390 g/mol. The molecule has 2 aromatic carbocycles. The third-order valence-corrected chi connectivity index (χ3v) is 5.43. The number of aryl methyl sites for hydroxylation is 2. The Kier molecular flexibility index (Phi) is 5.21. The molecule has 0 radical (unpaired) electrons. The van der Waals surface area contributed by atoms with Crippen LogP contribution in [0.4, 0.5) is 4.39 Å². The Morgan fingerprint density at radius 3 is 2.54 bits per heavy atom. The van der Waals surface area contributed by atoms with E-state index in [1.165, 1.54) is 17.7 Å². The Morgan fingerprint density at radius 1 is 1.00 bits per heavy atom. The van der Waals surface area contributed by atoms with Gasteiger partial charge in [0.2, 0.25) is 0 Å². The maximum absolute atomic E-state index is 13.2. The van der Waals surface area contributed by atoms with Crippen molar-refractivity contribution >= 4 is 11.8 Å². The summed E-state index contributed by atoms with van der Waals surface area (Å²) in [6.45, 7) is 4.17. The number of thioether (sulfide) groups is 1. The van der Waals surface area contributed by atoms with Gasteiger partial charge in [-0.2, -0.15) is 0 Å². The predicted octanol–water partition coefficient (Wildman–Crippen LogP) is 5.38. The number of benzene rings is 2. The van der Waals surface area contributed by atoms with E-state index >= 15 is 0 Å². The quantitative estimate of drug-likeness (QED) is 0.429. The molecule has 2 aromatic heterocycles. The monoisotopic (exact) mass is 390 g/mol. The normalized spacial score (nSPS) is 11.0. The standard InChI is InChI=1S/C22H19FN4S/c1-15-5-10-20(16(2)12-15)27-21(18-4-3-11-24-13-18)25-26-22(27)28-14-17-6-8-19(23)9-7-17/h3-13H,14H2,1-2H3. The number of pyridine rings is 1. The molecular weight excluding hydrogens is 371 g/mol. The summed E-state index contributed by atoms with van der Waals surface area (Å²) < 4.78 is 15.2. The predicted molar refractivity (Wildman–Crippen MR) is 110 cm³/mol. The first-order valence-corrected chi connectivity index (χ1v) is 9.91. The maximum Gasteiger partial charge on any atom is 0.196 e. The molecule has 0 unspecified atom stereocenters. The van der Waals surface area contributed by atoms with Crippen LogP contribution in [0.25, 0.3) is 17.1 Å². The third-order valence-electron chi connectivity index (χ3n) is 4.43. The van der Waals surface area contributed by atoms with Crippen molar-refractivity contribution in [3.63, 3.8) is 0 Å². The molecular formula is C22H19FN4S. The lowest BCUT2D eigenvalue weighted by molar-refractivity contribution is 0.627. The van der Waals surface area contributed by atoms with E-state index < -0.39 is 0 Å². The Labute approximate surface area is 167 Å². The van der Waals surface area contributed by atoms with Crippen LogP contribution in [0.2, 0.25) is 0 Å². The fraction of sp³-hybridized carbons (Fsp3) is 0.136. The van der Waals surface area contributed by atoms with Gasteiger partial charge in [-0.3, -0.25) is 9.55 Å². The van der Waals surface area contributed by atoms with Crippen molar-refractivity contribution in [2.24, 2.45) is 0 Å². The molecule has 0 spiro atoms. The second-order valence-corrected chi connectivity index (χ2v) is 7.53. The number of halogens is 1. The fourth-order valence-corrected chi connectivity index (χ4v) is 3.95. The van der Waals surface area contributed by atoms with Crippen LogP contribution in [0.3, 0.4) is 0 Å². The van der Waals surface area contributed by atoms with Gasteiger partial charge < -0.3 is 0 Å². The van der Waals surface area contributed by atoms with Gasteiger partial charge in [0.1, 0.15) is 5.82 Å². The van der Waals surface area contributed by atoms with Gasteiger partial charge in [-0.15, -0.1) is 10.2 Å². The van der Waals surface area contributed by atoms with Crippen molar-refractivity contribution in [1.29, 1.82) is 0 Å². The molecule has 0 bridgehead atoms. The molecule has 0 aliphatic carbocycles. The molecule has 0 saturated heterocycles. The largest absolute Gasteiger partial charge is 0.270 e. The molecule has 0 N–H and O–H groups in total. The van der Waals surface area contributed by atoms with Gasteiger partial charge in [0.15, 0.2) is 11.0 Å². The molecule has 6 heteroatoms. The van der Waals surface area contributed by atoms with Crippen LogP contribution >= 0.6 is 11.8 Å². The molecule has 2 heterocycles. The SMILES string of the molecule is Cc1ccc(-n2c(SCc3ccc(F)cc3)nnc2-c2cccnc2)c(C)c1. The molecule has 4 nitrogen and oxygen atoms in total. The van der Waals surface area contributed by atoms with Crippen molar-refractivity contribution in [2.45, 2.75) is 24.8 Å². The first-order valence-electron chi connectivity index (χ1n) is 8.92. The van der Waals surface area contributed by atoms with Crippen LogP contribution in [0.1, 0.15) is 16.7 Å². The zero-order valence-corrected chi connectivity index (χ0v) is 16.4. The van der Waals surface area contributed by atoms with Crippen molar-refractivity contribution in [1.82, 2.24) is 19.7 Å². The molecule has 0 saturated carbocycles. The topological polar surface area (TPSA) is 43.6 Å². The number of nitrogens with zero attached hydrogens (tertiary/aromatic N) is 4. The van der Waals surface area contributed by atoms with Crippen LogP contribution in [0.5, 0.6) is 0 Å². The molecule has 4 rings (SSSR count). The minimum atomic E-state index is -0.230. The molecule has 140 valence electrons. The van der Waals surface area contributed by atoms with Gasteiger partial charge in [-0.25, -0.2) is 4.39 Å². The lowest BCUT2D eigenvalue weighted by Crippen LogP contribution is -2.02. The van der Waals surface area contributed by atoms with Gasteiger partial charge in [-0.1, -0.05) is 41.6 Å². The summed E-state index contributed by atoms with van der Waals surface area (Å²) in [5, 5.41) is 9.67. The summed E-state index contributed by atoms with van der Waals surface area (Å²) in [6.07, 6.45) is 3.53. The highest BCUT2D eigenvalue weighted by Crippen LogP contribution is 2.31. The van der Waals surface area contributed by atoms with E-state index in [-0.39, 0.29) is 5.82 Å². The summed E-state index contributed by atoms with van der Waals surface area (Å²) in [5.41, 5.74) is 5.33. The van der Waals surface area contributed by atoms with Crippen molar-refractivity contribution in [3.05, 3.63) is 89.5 Å². The zero-order valence-electron chi connectivity index (χ0n) is 15.6. The average Bonchev–Trinajstić information content (AvgIpc) is 3.12. The van der Waals surface area contributed by atoms with E-state index in [0.717, 1.165) is 33.4 Å². The Bertz CT molecular complexity index is 1090. The second kappa shape index (κ2) is 7.94. The summed E-state index contributed by atoms with van der Waals surface area (Å²) in [6, 6.07) is 16.7. The summed E-state index contributed by atoms with van der Waals surface area (Å²) in [5.74, 6) is 1.20. The summed E-state index contributed by atoms with van der Waals surface area (Å²) in [4.78, 5) is 4.22. The highest BCUT2D eigenvalue weighted by Gasteiger charge is 2.18. The maximum atomic E-state index is 13.2. The number of hydrogen-bond donors (Lipinski definition) is 0. The third kappa shape index (κ3) is 3.82. The first kappa shape index (κ1) is 18.4. The number of aromatic nitrogens is 4. The minimum absolute atomic E-state index is 0.230. The lowest BCUT2D eigenvalue weighted by atomic mass is 10.1. The zero-order chi connectivity index (χ0) is 19.5. The van der Waals surface area contributed by atoms with Crippen LogP contribution < -0.4 is 0 Å². The molecule has 0 amide bonds. The van der Waals surface area contributed by atoms with Gasteiger partial charge in [0.05, 0.1) is 5.69 Å². The second-order valence-electron chi connectivity index (χ2n) is 6.59. The van der Waals surface area contributed by atoms with Gasteiger partial charge in [-0.05, 0) is 55.3 Å². The Hall–Kier alpha value is -2.99. The molecule has 0 aliphatic rings. The Balaban J connectivity index is 1.76. The highest BCUT2D eigenvalue weighted by atomic mass is 32.2. The van der Waals surface area contributed by atoms with E-state index in [9.17, 15) is 4.39 Å². The fourth-order valence-electron chi connectivity index (χ4n) is 3.05. The van der Waals surface area contributed by atoms with Crippen LogP contribution in [0, 0.1) is 19.7 Å². The molecule has 28 heavy (non-hydrogen) atoms. The molecule has 0 fully saturated rings. The highest BCUT2D eigenvalue weighted by molar-refractivity contribution is 7.98. The number of hydrogen-bond acceptors (Lipinski definition) is 4. The van der Waals surface area contributed by atoms with E-state index in [0.29, 0.717) is 5.75 Å². The molecule has 0 aliphatic heterocycles. The summed E-state index contributed by atoms with van der Waals surface area (Å²) >= 11 is 1.58. The van der Waals surface area contributed by atoms with Crippen molar-refractivity contribution in [2.75, 3.05) is 0 Å². The smallest absolute Gasteiger partial charge is 0.196 e. The van der Waals surface area contributed by atoms with Gasteiger partial charge >= 0.3 is 0 Å². The number of rotatable bonds is 5. The van der Waals surface area contributed by atoms with E-state index in [1.807, 2.05) is 12.1 Å². The minimum Gasteiger partial charge on any atom is -0.270 e. The molecule has 4 aromatic rings. The van der Waals surface area contributed by atoms with Crippen molar-refractivity contribution < 1.29 is 4.39 Å². The van der Waals surface area contributed by atoms with E-state index in [2.05, 4.69) is 51.8 Å². The summed E-state index contributed by atoms with van der Waals surface area (Å²) in [7, 11) is 0. The van der Waals surface area contributed by atoms with Gasteiger partial charge in [0.25, 0.3) is 0 Å². The van der Waals surface area contributed by atoms with Gasteiger partial charge in [0, 0.05) is 23.7 Å².